The van der Waals surface area contributed by atoms with E-state index in [2.05, 4.69) is 15.4 Å². The minimum Gasteiger partial charge on any atom is -0.379 e. The number of rotatable bonds is 3. The molecular formula is C12H13ClN4O2. The highest BCUT2D eigenvalue weighted by Crippen LogP contribution is 2.24. The van der Waals surface area contributed by atoms with Gasteiger partial charge in [0.05, 0.1) is 12.1 Å². The molecule has 0 aromatic carbocycles. The van der Waals surface area contributed by atoms with Crippen LogP contribution >= 0.6 is 11.6 Å². The number of carbonyl (C=O) groups excluding carboxylic acids is 1. The first-order valence-corrected chi connectivity index (χ1v) is 6.41. The zero-order valence-corrected chi connectivity index (χ0v) is 11.1. The second kappa shape index (κ2) is 4.79. The molecule has 0 radical (unpaired) electrons. The number of nitrogens with one attached hydrogen (secondary N) is 1. The Balaban J connectivity index is 1.87. The molecular weight excluding hydrogens is 268 g/mol. The Bertz CT molecular complexity index is 625. The van der Waals surface area contributed by atoms with Gasteiger partial charge >= 0.3 is 0 Å². The van der Waals surface area contributed by atoms with Gasteiger partial charge in [0.1, 0.15) is 0 Å². The van der Waals surface area contributed by atoms with Crippen LogP contribution in [0.3, 0.4) is 0 Å². The number of amides is 1. The van der Waals surface area contributed by atoms with Crippen molar-refractivity contribution in [1.82, 2.24) is 19.9 Å². The summed E-state index contributed by atoms with van der Waals surface area (Å²) >= 11 is 6.01. The summed E-state index contributed by atoms with van der Waals surface area (Å²) in [6.07, 6.45) is 3.53. The van der Waals surface area contributed by atoms with Gasteiger partial charge in [0.25, 0.3) is 5.91 Å². The third-order valence-corrected chi connectivity index (χ3v) is 3.66. The molecule has 1 N–H and O–H groups in total. The average Bonchev–Trinajstić information content (AvgIpc) is 2.71. The van der Waals surface area contributed by atoms with Crippen molar-refractivity contribution in [2.24, 2.45) is 0 Å². The maximum atomic E-state index is 12.3. The van der Waals surface area contributed by atoms with Gasteiger partial charge in [-0.15, -0.1) is 0 Å². The third-order valence-electron chi connectivity index (χ3n) is 3.40. The fourth-order valence-electron chi connectivity index (χ4n) is 2.21. The fourth-order valence-corrected chi connectivity index (χ4v) is 2.46. The van der Waals surface area contributed by atoms with E-state index in [0.29, 0.717) is 5.65 Å². The highest BCUT2D eigenvalue weighted by atomic mass is 35.5. The van der Waals surface area contributed by atoms with Crippen molar-refractivity contribution < 1.29 is 9.53 Å². The normalized spacial score (nSPS) is 22.2. The Morgan fingerprint density at radius 2 is 2.42 bits per heavy atom. The molecule has 100 valence electrons. The van der Waals surface area contributed by atoms with Crippen molar-refractivity contribution in [2.45, 2.75) is 25.0 Å². The van der Waals surface area contributed by atoms with E-state index in [4.69, 9.17) is 16.3 Å². The van der Waals surface area contributed by atoms with Crippen LogP contribution < -0.4 is 5.32 Å². The minimum atomic E-state index is -0.275. The molecule has 1 aliphatic carbocycles. The van der Waals surface area contributed by atoms with Crippen LogP contribution in [0.5, 0.6) is 0 Å². The average molecular weight is 281 g/mol. The van der Waals surface area contributed by atoms with Crippen LogP contribution in [0, 0.1) is 0 Å². The summed E-state index contributed by atoms with van der Waals surface area (Å²) in [7, 11) is 1.64. The summed E-state index contributed by atoms with van der Waals surface area (Å²) in [4.78, 5) is 16.4. The van der Waals surface area contributed by atoms with Gasteiger partial charge in [-0.05, 0) is 25.0 Å². The Hall–Kier alpha value is -1.66. The van der Waals surface area contributed by atoms with Crippen LogP contribution in [-0.4, -0.2) is 39.8 Å². The van der Waals surface area contributed by atoms with Gasteiger partial charge < -0.3 is 10.1 Å². The van der Waals surface area contributed by atoms with Gasteiger partial charge in [0.15, 0.2) is 16.5 Å². The Kier molecular flexibility index (Phi) is 3.12. The van der Waals surface area contributed by atoms with Gasteiger partial charge in [0, 0.05) is 13.3 Å². The van der Waals surface area contributed by atoms with E-state index in [9.17, 15) is 4.79 Å². The van der Waals surface area contributed by atoms with Crippen molar-refractivity contribution in [2.75, 3.05) is 7.11 Å². The first kappa shape index (κ1) is 12.4. The Morgan fingerprint density at radius 3 is 3.11 bits per heavy atom. The number of halogens is 1. The number of hydrogen-bond donors (Lipinski definition) is 1. The first-order chi connectivity index (χ1) is 9.20. The van der Waals surface area contributed by atoms with Gasteiger partial charge in [-0.25, -0.2) is 9.50 Å². The number of carbonyl (C=O) groups is 1. The molecule has 0 aliphatic heterocycles. The van der Waals surface area contributed by atoms with Gasteiger partial charge in [-0.2, -0.15) is 5.10 Å². The lowest BCUT2D eigenvalue weighted by Crippen LogP contribution is -2.51. The number of methoxy groups -OCH3 is 1. The van der Waals surface area contributed by atoms with Gasteiger partial charge in [-0.3, -0.25) is 4.79 Å². The SMILES string of the molecule is CO[C@@H]1CC[C@H]1NC(=O)c1c(Cl)nc2cccnn12. The molecule has 0 unspecified atom stereocenters. The number of imidazole rings is 1. The van der Waals surface area contributed by atoms with Gasteiger partial charge in [-0.1, -0.05) is 11.6 Å². The van der Waals surface area contributed by atoms with Crippen molar-refractivity contribution in [1.29, 1.82) is 0 Å². The van der Waals surface area contributed by atoms with E-state index in [-0.39, 0.29) is 28.9 Å². The molecule has 2 aromatic heterocycles. The molecule has 0 spiro atoms. The molecule has 1 amide bonds. The van der Waals surface area contributed by atoms with E-state index in [1.165, 1.54) is 4.52 Å². The lowest BCUT2D eigenvalue weighted by molar-refractivity contribution is 0.00718. The maximum Gasteiger partial charge on any atom is 0.273 e. The molecule has 0 saturated heterocycles. The van der Waals surface area contributed by atoms with Crippen molar-refractivity contribution in [3.05, 3.63) is 29.2 Å². The summed E-state index contributed by atoms with van der Waals surface area (Å²) in [5, 5.41) is 7.15. The second-order valence-corrected chi connectivity index (χ2v) is 4.83. The van der Waals surface area contributed by atoms with Crippen LogP contribution in [0.4, 0.5) is 0 Å². The number of hydrogen-bond acceptors (Lipinski definition) is 4. The van der Waals surface area contributed by atoms with Crippen molar-refractivity contribution >= 4 is 23.2 Å². The van der Waals surface area contributed by atoms with E-state index in [0.717, 1.165) is 12.8 Å². The minimum absolute atomic E-state index is 0.0304. The molecule has 7 heteroatoms. The number of fused-ring (bicyclic) bond motifs is 1. The largest absolute Gasteiger partial charge is 0.379 e. The molecule has 3 rings (SSSR count). The summed E-state index contributed by atoms with van der Waals surface area (Å²) < 4.78 is 6.69. The number of nitrogens with zero attached hydrogens (tertiary/aromatic N) is 3. The molecule has 1 saturated carbocycles. The summed E-state index contributed by atoms with van der Waals surface area (Å²) in [5.74, 6) is -0.275. The molecule has 19 heavy (non-hydrogen) atoms. The number of aromatic nitrogens is 3. The van der Waals surface area contributed by atoms with Gasteiger partial charge in [0.2, 0.25) is 0 Å². The predicted molar refractivity (Wildman–Crippen MR) is 69.3 cm³/mol. The quantitative estimate of drug-likeness (QED) is 0.920. The molecule has 6 nitrogen and oxygen atoms in total. The van der Waals surface area contributed by atoms with E-state index >= 15 is 0 Å². The van der Waals surface area contributed by atoms with E-state index in [1.807, 2.05) is 0 Å². The smallest absolute Gasteiger partial charge is 0.273 e. The maximum absolute atomic E-state index is 12.3. The van der Waals surface area contributed by atoms with Crippen LogP contribution in [0.15, 0.2) is 18.3 Å². The Labute approximate surface area is 114 Å². The van der Waals surface area contributed by atoms with Crippen LogP contribution in [0.1, 0.15) is 23.3 Å². The predicted octanol–water partition coefficient (Wildman–Crippen LogP) is 1.29. The zero-order chi connectivity index (χ0) is 13.4. The molecule has 2 aromatic rings. The lowest BCUT2D eigenvalue weighted by atomic mass is 9.89. The molecule has 1 fully saturated rings. The molecule has 2 heterocycles. The highest BCUT2D eigenvalue weighted by Gasteiger charge is 2.33. The Morgan fingerprint density at radius 1 is 1.58 bits per heavy atom. The first-order valence-electron chi connectivity index (χ1n) is 6.03. The van der Waals surface area contributed by atoms with Crippen LogP contribution in [-0.2, 0) is 4.74 Å². The summed E-state index contributed by atoms with van der Waals surface area (Å²) in [6.45, 7) is 0. The molecule has 0 bridgehead atoms. The zero-order valence-electron chi connectivity index (χ0n) is 10.3. The van der Waals surface area contributed by atoms with Crippen LogP contribution in [0.25, 0.3) is 5.65 Å². The summed E-state index contributed by atoms with van der Waals surface area (Å²) in [6, 6.07) is 3.52. The highest BCUT2D eigenvalue weighted by molar-refractivity contribution is 6.32. The second-order valence-electron chi connectivity index (χ2n) is 4.48. The molecule has 1 aliphatic rings. The third kappa shape index (κ3) is 2.06. The van der Waals surface area contributed by atoms with Crippen molar-refractivity contribution in [3.63, 3.8) is 0 Å². The van der Waals surface area contributed by atoms with E-state index < -0.39 is 0 Å². The lowest BCUT2D eigenvalue weighted by Gasteiger charge is -2.35. The van der Waals surface area contributed by atoms with Crippen LogP contribution in [0.2, 0.25) is 5.15 Å². The van der Waals surface area contributed by atoms with Crippen molar-refractivity contribution in [3.8, 4) is 0 Å². The standard InChI is InChI=1S/C12H13ClN4O2/c1-19-8-5-4-7(8)15-12(18)10-11(13)16-9-3-2-6-14-17(9)10/h2-3,6-8H,4-5H2,1H3,(H,15,18)/t7-,8-/m1/s1. The topological polar surface area (TPSA) is 68.5 Å². The molecule has 2 atom stereocenters. The number of ether oxygens (including phenoxy) is 1. The monoisotopic (exact) mass is 280 g/mol. The fraction of sp³-hybridized carbons (Fsp3) is 0.417. The summed E-state index contributed by atoms with van der Waals surface area (Å²) in [5.41, 5.74) is 0.813. The van der Waals surface area contributed by atoms with E-state index in [1.54, 1.807) is 25.4 Å².